The molecule has 20 N–H and O–H groups in total. The summed E-state index contributed by atoms with van der Waals surface area (Å²) < 4.78 is 0. The van der Waals surface area contributed by atoms with E-state index in [-0.39, 0.29) is 56.2 Å². The Balaban J connectivity index is 2.36. The Morgan fingerprint density at radius 2 is 1.19 bits per heavy atom. The van der Waals surface area contributed by atoms with Gasteiger partial charge in [-0.3, -0.25) is 62.5 Å². The third-order valence-electron chi connectivity index (χ3n) is 10.3. The zero-order chi connectivity index (χ0) is 54.8. The summed E-state index contributed by atoms with van der Waals surface area (Å²) in [5.74, 6) is -13.1. The van der Waals surface area contributed by atoms with Crippen LogP contribution >= 0.6 is 21.6 Å². The van der Waals surface area contributed by atoms with Gasteiger partial charge in [-0.25, -0.2) is 0 Å². The fourth-order valence-corrected chi connectivity index (χ4v) is 8.74. The van der Waals surface area contributed by atoms with E-state index < -0.39 is 171 Å². The maximum atomic E-state index is 13.7. The Morgan fingerprint density at radius 1 is 0.658 bits per heavy atom. The van der Waals surface area contributed by atoms with Gasteiger partial charge in [0.15, 0.2) is 5.96 Å². The number of hydrogen-bond acceptors (Lipinski definition) is 20. The van der Waals surface area contributed by atoms with Gasteiger partial charge < -0.3 is 100 Å². The number of aliphatic hydroxyl groups is 3. The van der Waals surface area contributed by atoms with Crippen LogP contribution in [0, 0.1) is 0 Å². The molecule has 73 heavy (non-hydrogen) atoms. The van der Waals surface area contributed by atoms with Gasteiger partial charge in [0.25, 0.3) is 0 Å². The van der Waals surface area contributed by atoms with Crippen LogP contribution in [-0.4, -0.2) is 227 Å². The van der Waals surface area contributed by atoms with Gasteiger partial charge in [-0.15, -0.1) is 0 Å². The molecule has 408 valence electrons. The smallest absolute Gasteiger partial charge is 0.305 e. The number of nitrogens with one attached hydrogen (secondary N) is 10. The van der Waals surface area contributed by atoms with Gasteiger partial charge in [0, 0.05) is 24.6 Å². The highest BCUT2D eigenvalue weighted by molar-refractivity contribution is 8.76. The summed E-state index contributed by atoms with van der Waals surface area (Å²) in [6.45, 7) is -4.26. The van der Waals surface area contributed by atoms with E-state index in [0.29, 0.717) is 6.29 Å². The number of guanidine groups is 1. The molecule has 0 aromatic rings. The highest BCUT2D eigenvalue weighted by atomic mass is 33.1. The number of amides is 11. The van der Waals surface area contributed by atoms with Crippen molar-refractivity contribution in [1.82, 2.24) is 58.1 Å². The minimum atomic E-state index is -1.91. The van der Waals surface area contributed by atoms with E-state index in [0.717, 1.165) is 26.5 Å². The van der Waals surface area contributed by atoms with Crippen LogP contribution in [0.4, 0.5) is 0 Å². The highest BCUT2D eigenvalue weighted by Crippen LogP contribution is 2.22. The lowest BCUT2D eigenvalue weighted by Gasteiger charge is -2.29. The molecule has 2 heterocycles. The van der Waals surface area contributed by atoms with Crippen LogP contribution in [0.3, 0.4) is 0 Å². The van der Waals surface area contributed by atoms with E-state index in [1.165, 1.54) is 6.92 Å². The van der Waals surface area contributed by atoms with Gasteiger partial charge in [0.05, 0.1) is 58.0 Å². The number of aliphatic hydroxyl groups excluding tert-OH is 3. The predicted molar refractivity (Wildman–Crippen MR) is 255 cm³/mol. The van der Waals surface area contributed by atoms with Crippen molar-refractivity contribution in [1.29, 1.82) is 0 Å². The number of aldehydes is 1. The Labute approximate surface area is 424 Å². The Kier molecular flexibility index (Phi) is 27.5. The number of nitrogens with zero attached hydrogens (tertiary/aromatic N) is 2. The van der Waals surface area contributed by atoms with Crippen LogP contribution in [0.1, 0.15) is 39.0 Å². The van der Waals surface area contributed by atoms with Gasteiger partial charge >= 0.3 is 5.97 Å². The molecule has 2 saturated heterocycles. The molecule has 0 spiro atoms. The summed E-state index contributed by atoms with van der Waals surface area (Å²) in [5.41, 5.74) is 16.6. The lowest BCUT2D eigenvalue weighted by Crippen LogP contribution is -2.60. The van der Waals surface area contributed by atoms with Crippen molar-refractivity contribution in [2.75, 3.05) is 64.1 Å². The first-order valence-electron chi connectivity index (χ1n) is 22.3. The molecule has 0 aliphatic carbocycles. The molecule has 0 unspecified atom stereocenters. The van der Waals surface area contributed by atoms with Crippen molar-refractivity contribution in [3.63, 3.8) is 0 Å². The summed E-state index contributed by atoms with van der Waals surface area (Å²) in [5, 5.41) is 61.8. The second-order valence-electron chi connectivity index (χ2n) is 16.1. The van der Waals surface area contributed by atoms with E-state index in [2.05, 4.69) is 58.2 Å². The first-order chi connectivity index (χ1) is 34.5. The molecule has 11 amide bonds. The molecule has 0 aromatic heterocycles. The first kappa shape index (κ1) is 62.2. The Hall–Kier alpha value is -6.88. The molecule has 0 aromatic carbocycles. The predicted octanol–water partition coefficient (Wildman–Crippen LogP) is -10.8. The number of hydrogen-bond donors (Lipinski definition) is 17. The average molecular weight is 1080 g/mol. The van der Waals surface area contributed by atoms with Gasteiger partial charge in [0.2, 0.25) is 65.0 Å². The lowest BCUT2D eigenvalue weighted by molar-refractivity contribution is -0.144. The quantitative estimate of drug-likeness (QED) is 0.0318. The summed E-state index contributed by atoms with van der Waals surface area (Å²) in [6.07, 6.45) is -0.471. The van der Waals surface area contributed by atoms with Gasteiger partial charge in [-0.05, 0) is 32.6 Å². The molecule has 2 aliphatic rings. The molecule has 0 radical (unpaired) electrons. The Morgan fingerprint density at radius 3 is 1.79 bits per heavy atom. The second-order valence-corrected chi connectivity index (χ2v) is 18.6. The minimum absolute atomic E-state index is 0.00280. The lowest BCUT2D eigenvalue weighted by atomic mass is 10.1. The monoisotopic (exact) mass is 1080 g/mol. The van der Waals surface area contributed by atoms with Crippen molar-refractivity contribution in [3.8, 4) is 0 Å². The van der Waals surface area contributed by atoms with E-state index in [1.54, 1.807) is 0 Å². The molecule has 9 atom stereocenters. The number of rotatable bonds is 10. The zero-order valence-electron chi connectivity index (χ0n) is 39.4. The maximum absolute atomic E-state index is 13.7. The molecule has 2 rings (SSSR count). The number of carbonyl (C=O) groups is 13. The van der Waals surface area contributed by atoms with Crippen molar-refractivity contribution in [2.24, 2.45) is 22.2 Å². The minimum Gasteiger partial charge on any atom is -0.481 e. The molecule has 0 saturated carbocycles. The molecule has 2 fully saturated rings. The number of aliphatic carboxylic acids is 1. The number of carboxylic acids is 1. The summed E-state index contributed by atoms with van der Waals surface area (Å²) in [7, 11) is 2.00. The van der Waals surface area contributed by atoms with Crippen molar-refractivity contribution in [2.45, 2.75) is 93.4 Å². The third-order valence-corrected chi connectivity index (χ3v) is 12.8. The molecule has 34 heteroatoms. The Bertz CT molecular complexity index is 2050. The first-order valence-corrected chi connectivity index (χ1v) is 24.8. The highest BCUT2D eigenvalue weighted by Gasteiger charge is 2.40. The molecule has 2 aliphatic heterocycles. The molecular formula is C39H63N15O17S2. The van der Waals surface area contributed by atoms with Gasteiger partial charge in [0.1, 0.15) is 48.6 Å². The van der Waals surface area contributed by atoms with Crippen LogP contribution in [0.25, 0.3) is 0 Å². The van der Waals surface area contributed by atoms with Gasteiger partial charge in [-0.2, -0.15) is 0 Å². The second kappa shape index (κ2) is 32.2. The van der Waals surface area contributed by atoms with Gasteiger partial charge in [-0.1, -0.05) is 21.6 Å². The third kappa shape index (κ3) is 22.2. The van der Waals surface area contributed by atoms with Crippen LogP contribution in [0.5, 0.6) is 0 Å². The van der Waals surface area contributed by atoms with Crippen molar-refractivity contribution >= 4 is 105 Å². The topological polar surface area (TPSA) is 517 Å². The van der Waals surface area contributed by atoms with Crippen LogP contribution in [0.15, 0.2) is 4.99 Å². The van der Waals surface area contributed by atoms with Crippen molar-refractivity contribution < 1.29 is 82.8 Å². The number of aliphatic imine (C=N–C) groups is 1. The largest absolute Gasteiger partial charge is 0.481 e. The number of fused-ring (bicyclic) bond motifs is 1. The fourth-order valence-electron chi connectivity index (χ4n) is 6.49. The fraction of sp³-hybridized carbons (Fsp3) is 0.641. The van der Waals surface area contributed by atoms with Crippen LogP contribution in [0.2, 0.25) is 0 Å². The van der Waals surface area contributed by atoms with Crippen LogP contribution < -0.4 is 70.4 Å². The van der Waals surface area contributed by atoms with E-state index in [9.17, 15) is 82.8 Å². The number of nitrogens with two attached hydrogens (primary N) is 3. The van der Waals surface area contributed by atoms with E-state index >= 15 is 0 Å². The maximum Gasteiger partial charge on any atom is 0.305 e. The number of carbonyl (C=O) groups excluding carboxylic acids is 12. The average Bonchev–Trinajstić information content (AvgIpc) is 3.85. The summed E-state index contributed by atoms with van der Waals surface area (Å²) in [6, 6.07) is -13.7. The SMILES string of the molecule is C[C@@H]1NC(=O)[C@@H]2CCCN2C(=O)[C@H](CO)NC(=O)[C@H](CC(=O)O)NC(=O)CNC(=O)[C@H](CCCN=C(N)N)NC(=O)CNC(=O)CNC(=O)[C@@H](N)CSSC[C@@H](C=O)NC(=O)[C@H](CO)NC(=O)[C@H](CO)NC1=O. The standard InChI is InChI=1S/C39H63N15O17S2/c1-18-31(64)51-24(14-57)36(69)52-23(13-56)35(68)48-19(12-55)16-72-73-17-20(40)32(65)45-9-27(59)44-10-28(60)49-21(4-2-6-43-39(41)42)33(66)46-11-29(61)50-22(8-30(62)63)34(67)53-25(15-58)38(71)54-7-3-5-26(54)37(70)47-18/h12,18-26,56-58H,2-11,13-17,40H2,1H3,(H,44,59)(H,45,65)(H,46,66)(H,47,70)(H,48,68)(H,49,60)(H,50,61)(H,51,64)(H,52,69)(H,53,67)(H,62,63)(H4,41,42,43)/t18-,19+,20-,21-,22-,23-,24-,25-,26-/m0/s1. The van der Waals surface area contributed by atoms with Crippen molar-refractivity contribution in [3.05, 3.63) is 0 Å². The number of carboxylic acid groups (broad SMARTS) is 1. The molecule has 32 nitrogen and oxygen atoms in total. The van der Waals surface area contributed by atoms with E-state index in [4.69, 9.17) is 17.2 Å². The summed E-state index contributed by atoms with van der Waals surface area (Å²) in [4.78, 5) is 172. The van der Waals surface area contributed by atoms with Crippen LogP contribution in [-0.2, 0) is 62.3 Å². The summed E-state index contributed by atoms with van der Waals surface area (Å²) >= 11 is 0. The van der Waals surface area contributed by atoms with E-state index in [1.807, 2.05) is 0 Å². The molecule has 0 bridgehead atoms. The normalized spacial score (nSPS) is 27.2. The zero-order valence-corrected chi connectivity index (χ0v) is 41.1. The molecular weight excluding hydrogens is 1010 g/mol.